The summed E-state index contributed by atoms with van der Waals surface area (Å²) in [5.74, 6) is -0.830. The molecule has 0 spiro atoms. The van der Waals surface area contributed by atoms with E-state index in [9.17, 15) is 4.79 Å². The topological polar surface area (TPSA) is 64.3 Å². The molecule has 1 aromatic carbocycles. The van der Waals surface area contributed by atoms with E-state index in [0.717, 1.165) is 12.0 Å². The molecule has 0 aliphatic rings. The molecule has 4 nitrogen and oxygen atoms in total. The molecule has 2 unspecified atom stereocenters. The zero-order valence-electron chi connectivity index (χ0n) is 11.6. The van der Waals surface area contributed by atoms with Gasteiger partial charge in [-0.2, -0.15) is 5.26 Å². The van der Waals surface area contributed by atoms with Crippen molar-refractivity contribution in [2.75, 3.05) is 6.54 Å². The Morgan fingerprint density at radius 1 is 1.47 bits per heavy atom. The van der Waals surface area contributed by atoms with Crippen LogP contribution in [0.5, 0.6) is 0 Å². The largest absolute Gasteiger partial charge is 0.480 e. The lowest BCUT2D eigenvalue weighted by Crippen LogP contribution is -2.39. The maximum absolute atomic E-state index is 11.0. The Labute approximate surface area is 114 Å². The van der Waals surface area contributed by atoms with E-state index >= 15 is 0 Å². The first-order chi connectivity index (χ1) is 8.99. The molecule has 1 N–H and O–H groups in total. The van der Waals surface area contributed by atoms with E-state index in [4.69, 9.17) is 10.4 Å². The summed E-state index contributed by atoms with van der Waals surface area (Å²) in [4.78, 5) is 12.9. The molecule has 0 heterocycles. The second kappa shape index (κ2) is 6.91. The highest BCUT2D eigenvalue weighted by Gasteiger charge is 2.22. The predicted molar refractivity (Wildman–Crippen MR) is 73.7 cm³/mol. The number of nitriles is 1. The third-order valence-electron chi connectivity index (χ3n) is 3.47. The van der Waals surface area contributed by atoms with E-state index in [-0.39, 0.29) is 18.6 Å². The molecule has 0 bridgehead atoms. The molecule has 19 heavy (non-hydrogen) atoms. The number of hydrogen-bond donors (Lipinski definition) is 1. The standard InChI is InChI=1S/C15H20N2O2/c1-4-11(2)17(10-15(18)19)12(3)14-7-5-6-13(8-14)9-16/h5-8,11-12H,4,10H2,1-3H3,(H,18,19). The third kappa shape index (κ3) is 4.08. The van der Waals surface area contributed by atoms with Gasteiger partial charge in [0.25, 0.3) is 0 Å². The van der Waals surface area contributed by atoms with Gasteiger partial charge in [0.1, 0.15) is 0 Å². The second-order valence-corrected chi connectivity index (χ2v) is 4.74. The fraction of sp³-hybridized carbons (Fsp3) is 0.467. The van der Waals surface area contributed by atoms with Gasteiger partial charge in [0.15, 0.2) is 0 Å². The lowest BCUT2D eigenvalue weighted by atomic mass is 10.0. The van der Waals surface area contributed by atoms with E-state index in [0.29, 0.717) is 5.56 Å². The van der Waals surface area contributed by atoms with Crippen LogP contribution in [0.2, 0.25) is 0 Å². The number of rotatable bonds is 6. The van der Waals surface area contributed by atoms with Gasteiger partial charge >= 0.3 is 5.97 Å². The van der Waals surface area contributed by atoms with Gasteiger partial charge in [0.2, 0.25) is 0 Å². The molecule has 0 amide bonds. The van der Waals surface area contributed by atoms with Crippen molar-refractivity contribution in [2.24, 2.45) is 0 Å². The van der Waals surface area contributed by atoms with Crippen LogP contribution in [0.25, 0.3) is 0 Å². The molecule has 0 fully saturated rings. The molecule has 0 aliphatic heterocycles. The fourth-order valence-corrected chi connectivity index (χ4v) is 2.12. The van der Waals surface area contributed by atoms with Crippen molar-refractivity contribution >= 4 is 5.97 Å². The van der Waals surface area contributed by atoms with E-state index < -0.39 is 5.97 Å². The third-order valence-corrected chi connectivity index (χ3v) is 3.47. The summed E-state index contributed by atoms with van der Waals surface area (Å²) in [6.45, 7) is 6.05. The zero-order valence-corrected chi connectivity index (χ0v) is 11.6. The Morgan fingerprint density at radius 2 is 2.16 bits per heavy atom. The summed E-state index contributed by atoms with van der Waals surface area (Å²) in [7, 11) is 0. The van der Waals surface area contributed by atoms with Crippen molar-refractivity contribution in [1.82, 2.24) is 4.90 Å². The molecule has 1 aromatic rings. The van der Waals surface area contributed by atoms with Gasteiger partial charge in [0, 0.05) is 12.1 Å². The summed E-state index contributed by atoms with van der Waals surface area (Å²) < 4.78 is 0. The number of benzene rings is 1. The van der Waals surface area contributed by atoms with Crippen LogP contribution in [0.3, 0.4) is 0 Å². The maximum Gasteiger partial charge on any atom is 0.317 e. The normalized spacial score (nSPS) is 13.8. The summed E-state index contributed by atoms with van der Waals surface area (Å²) in [5, 5.41) is 18.0. The Morgan fingerprint density at radius 3 is 2.68 bits per heavy atom. The molecular weight excluding hydrogens is 240 g/mol. The molecule has 0 saturated carbocycles. The number of carbonyl (C=O) groups is 1. The number of carboxylic acid groups (broad SMARTS) is 1. The minimum atomic E-state index is -0.830. The number of aliphatic carboxylic acids is 1. The average molecular weight is 260 g/mol. The minimum Gasteiger partial charge on any atom is -0.480 e. The van der Waals surface area contributed by atoms with Crippen LogP contribution in [-0.4, -0.2) is 28.6 Å². The molecular formula is C15H20N2O2. The summed E-state index contributed by atoms with van der Waals surface area (Å²) in [5.41, 5.74) is 1.57. The van der Waals surface area contributed by atoms with E-state index in [1.807, 2.05) is 43.9 Å². The second-order valence-electron chi connectivity index (χ2n) is 4.74. The average Bonchev–Trinajstić information content (AvgIpc) is 2.43. The summed E-state index contributed by atoms with van der Waals surface area (Å²) in [6, 6.07) is 9.60. The monoisotopic (exact) mass is 260 g/mol. The lowest BCUT2D eigenvalue weighted by molar-refractivity contribution is -0.139. The molecule has 4 heteroatoms. The summed E-state index contributed by atoms with van der Waals surface area (Å²) >= 11 is 0. The highest BCUT2D eigenvalue weighted by molar-refractivity contribution is 5.69. The zero-order chi connectivity index (χ0) is 14.4. The molecule has 0 aromatic heterocycles. The number of carboxylic acids is 1. The highest BCUT2D eigenvalue weighted by atomic mass is 16.4. The van der Waals surface area contributed by atoms with Crippen molar-refractivity contribution < 1.29 is 9.90 Å². The van der Waals surface area contributed by atoms with Crippen molar-refractivity contribution in [3.63, 3.8) is 0 Å². The van der Waals surface area contributed by atoms with Crippen LogP contribution >= 0.6 is 0 Å². The predicted octanol–water partition coefficient (Wildman–Crippen LogP) is 2.80. The minimum absolute atomic E-state index is 0.00690. The van der Waals surface area contributed by atoms with Gasteiger partial charge in [-0.1, -0.05) is 19.1 Å². The number of nitrogens with zero attached hydrogens (tertiary/aromatic N) is 2. The Bertz CT molecular complexity index is 479. The first kappa shape index (κ1) is 15.2. The SMILES string of the molecule is CCC(C)N(CC(=O)O)C(C)c1cccc(C#N)c1. The van der Waals surface area contributed by atoms with Crippen molar-refractivity contribution in [3.05, 3.63) is 35.4 Å². The summed E-state index contributed by atoms with van der Waals surface area (Å²) in [6.07, 6.45) is 0.884. The molecule has 1 rings (SSSR count). The van der Waals surface area contributed by atoms with Gasteiger partial charge in [-0.15, -0.1) is 0 Å². The number of hydrogen-bond acceptors (Lipinski definition) is 3. The first-order valence-corrected chi connectivity index (χ1v) is 6.47. The van der Waals surface area contributed by atoms with Crippen LogP contribution in [-0.2, 0) is 4.79 Å². The molecule has 102 valence electrons. The van der Waals surface area contributed by atoms with E-state index in [1.54, 1.807) is 6.07 Å². The van der Waals surface area contributed by atoms with Crippen LogP contribution in [0.4, 0.5) is 0 Å². The van der Waals surface area contributed by atoms with Crippen LogP contribution in [0.15, 0.2) is 24.3 Å². The van der Waals surface area contributed by atoms with Gasteiger partial charge in [-0.3, -0.25) is 9.69 Å². The molecule has 0 aliphatic carbocycles. The molecule has 0 radical (unpaired) electrons. The highest BCUT2D eigenvalue weighted by Crippen LogP contribution is 2.24. The van der Waals surface area contributed by atoms with Crippen molar-refractivity contribution in [3.8, 4) is 6.07 Å². The Hall–Kier alpha value is -1.86. The van der Waals surface area contributed by atoms with Gasteiger partial charge in [0.05, 0.1) is 18.2 Å². The quantitative estimate of drug-likeness (QED) is 0.854. The van der Waals surface area contributed by atoms with Gasteiger partial charge in [-0.05, 0) is 38.0 Å². The van der Waals surface area contributed by atoms with Crippen molar-refractivity contribution in [2.45, 2.75) is 39.3 Å². The Balaban J connectivity index is 3.00. The first-order valence-electron chi connectivity index (χ1n) is 6.47. The van der Waals surface area contributed by atoms with Gasteiger partial charge < -0.3 is 5.11 Å². The van der Waals surface area contributed by atoms with Crippen LogP contribution in [0, 0.1) is 11.3 Å². The van der Waals surface area contributed by atoms with Crippen LogP contribution < -0.4 is 0 Å². The van der Waals surface area contributed by atoms with Crippen molar-refractivity contribution in [1.29, 1.82) is 5.26 Å². The van der Waals surface area contributed by atoms with Crippen LogP contribution in [0.1, 0.15) is 44.4 Å². The maximum atomic E-state index is 11.0. The molecule has 2 atom stereocenters. The van der Waals surface area contributed by atoms with Gasteiger partial charge in [-0.25, -0.2) is 0 Å². The van der Waals surface area contributed by atoms with E-state index in [1.165, 1.54) is 0 Å². The fourth-order valence-electron chi connectivity index (χ4n) is 2.12. The molecule has 0 saturated heterocycles. The van der Waals surface area contributed by atoms with E-state index in [2.05, 4.69) is 6.07 Å². The smallest absolute Gasteiger partial charge is 0.317 e. The lowest BCUT2D eigenvalue weighted by Gasteiger charge is -2.33. The Kier molecular flexibility index (Phi) is 5.53.